The Morgan fingerprint density at radius 1 is 0.700 bits per heavy atom. The molecular formula is C9H17N. The predicted octanol–water partition coefficient (Wildman–Crippen LogP) is 2.07. The lowest BCUT2D eigenvalue weighted by atomic mass is 9.98. The van der Waals surface area contributed by atoms with Crippen LogP contribution in [0.5, 0.6) is 0 Å². The van der Waals surface area contributed by atoms with Gasteiger partial charge in [0.2, 0.25) is 0 Å². The van der Waals surface area contributed by atoms with E-state index in [9.17, 15) is 0 Å². The van der Waals surface area contributed by atoms with Gasteiger partial charge >= 0.3 is 0 Å². The fourth-order valence-electron chi connectivity index (χ4n) is 2.35. The molecule has 2 saturated heterocycles. The largest absolute Gasteiger partial charge is 0.311 e. The molecule has 2 aliphatic rings. The van der Waals surface area contributed by atoms with Gasteiger partial charge in [-0.05, 0) is 25.7 Å². The third-order valence-electron chi connectivity index (χ3n) is 2.93. The minimum atomic E-state index is 0.890. The van der Waals surface area contributed by atoms with Gasteiger partial charge in [0.25, 0.3) is 0 Å². The van der Waals surface area contributed by atoms with Gasteiger partial charge in [-0.2, -0.15) is 0 Å². The third kappa shape index (κ3) is 1.34. The van der Waals surface area contributed by atoms with Crippen LogP contribution < -0.4 is 5.32 Å². The number of piperidine rings is 1. The van der Waals surface area contributed by atoms with Crippen LogP contribution in [0.4, 0.5) is 0 Å². The summed E-state index contributed by atoms with van der Waals surface area (Å²) in [5.74, 6) is 0. The van der Waals surface area contributed by atoms with E-state index in [0.717, 1.165) is 12.1 Å². The Balaban J connectivity index is 1.96. The molecule has 2 aliphatic heterocycles. The Hall–Kier alpha value is -0.0400. The second-order valence-electron chi connectivity index (χ2n) is 3.78. The molecule has 0 unspecified atom stereocenters. The highest BCUT2D eigenvalue weighted by molar-refractivity contribution is 4.82. The van der Waals surface area contributed by atoms with Crippen molar-refractivity contribution >= 4 is 0 Å². The number of nitrogens with one attached hydrogen (secondary N) is 1. The van der Waals surface area contributed by atoms with Gasteiger partial charge in [0.1, 0.15) is 0 Å². The highest BCUT2D eigenvalue weighted by Crippen LogP contribution is 2.23. The van der Waals surface area contributed by atoms with Crippen molar-refractivity contribution in [3.05, 3.63) is 0 Å². The number of rotatable bonds is 0. The summed E-state index contributed by atoms with van der Waals surface area (Å²) in [6.07, 6.45) is 10.2. The Morgan fingerprint density at radius 2 is 1.20 bits per heavy atom. The zero-order chi connectivity index (χ0) is 6.81. The average molecular weight is 139 g/mol. The summed E-state index contributed by atoms with van der Waals surface area (Å²) in [5, 5.41) is 3.72. The van der Waals surface area contributed by atoms with Crippen LogP contribution in [0.15, 0.2) is 0 Å². The molecule has 0 amide bonds. The summed E-state index contributed by atoms with van der Waals surface area (Å²) in [5.41, 5.74) is 0. The highest BCUT2D eigenvalue weighted by Gasteiger charge is 2.22. The Bertz CT molecular complexity index is 99.3. The van der Waals surface area contributed by atoms with Crippen LogP contribution in [0.25, 0.3) is 0 Å². The van der Waals surface area contributed by atoms with Gasteiger partial charge in [-0.1, -0.05) is 19.3 Å². The lowest BCUT2D eigenvalue weighted by molar-refractivity contribution is 0.324. The summed E-state index contributed by atoms with van der Waals surface area (Å²) in [6, 6.07) is 1.78. The molecule has 2 bridgehead atoms. The molecule has 2 heterocycles. The molecular weight excluding hydrogens is 122 g/mol. The highest BCUT2D eigenvalue weighted by atomic mass is 15.0. The van der Waals surface area contributed by atoms with Crippen molar-refractivity contribution in [1.29, 1.82) is 0 Å². The summed E-state index contributed by atoms with van der Waals surface area (Å²) in [7, 11) is 0. The van der Waals surface area contributed by atoms with Crippen LogP contribution in [-0.4, -0.2) is 12.1 Å². The van der Waals surface area contributed by atoms with Crippen molar-refractivity contribution in [2.24, 2.45) is 0 Å². The Morgan fingerprint density at radius 3 is 1.80 bits per heavy atom. The van der Waals surface area contributed by atoms with E-state index in [4.69, 9.17) is 0 Å². The standard InChI is InChI=1S/C9H17N/c1-2-5-9-7-3-6-8(4-1)10-9/h8-10H,1-7H2/t8-,9+. The molecule has 0 aromatic carbocycles. The molecule has 1 heteroatoms. The molecule has 10 heavy (non-hydrogen) atoms. The van der Waals surface area contributed by atoms with Crippen LogP contribution in [0.1, 0.15) is 44.9 Å². The fourth-order valence-corrected chi connectivity index (χ4v) is 2.35. The average Bonchev–Trinajstić information content (AvgIpc) is 2.12. The van der Waals surface area contributed by atoms with E-state index < -0.39 is 0 Å². The Kier molecular flexibility index (Phi) is 1.94. The zero-order valence-electron chi connectivity index (χ0n) is 6.60. The molecule has 0 spiro atoms. The van der Waals surface area contributed by atoms with Crippen LogP contribution in [0.2, 0.25) is 0 Å². The van der Waals surface area contributed by atoms with E-state index in [0.29, 0.717) is 0 Å². The van der Waals surface area contributed by atoms with Crippen LogP contribution in [0.3, 0.4) is 0 Å². The minimum absolute atomic E-state index is 0.890. The molecule has 2 rings (SSSR count). The maximum absolute atomic E-state index is 3.72. The first-order chi connectivity index (χ1) is 4.95. The predicted molar refractivity (Wildman–Crippen MR) is 43.0 cm³/mol. The number of fused-ring (bicyclic) bond motifs is 2. The molecule has 0 aliphatic carbocycles. The molecule has 1 N–H and O–H groups in total. The zero-order valence-corrected chi connectivity index (χ0v) is 6.60. The quantitative estimate of drug-likeness (QED) is 0.541. The van der Waals surface area contributed by atoms with Crippen LogP contribution >= 0.6 is 0 Å². The lowest BCUT2D eigenvalue weighted by Gasteiger charge is -2.27. The SMILES string of the molecule is C1CC[C@H]2CCC[C@@H](C1)N2. The summed E-state index contributed by atoms with van der Waals surface area (Å²) in [4.78, 5) is 0. The number of hydrogen-bond acceptors (Lipinski definition) is 1. The van der Waals surface area contributed by atoms with E-state index in [-0.39, 0.29) is 0 Å². The molecule has 0 radical (unpaired) electrons. The first kappa shape index (κ1) is 6.66. The van der Waals surface area contributed by atoms with E-state index in [1.54, 1.807) is 0 Å². The van der Waals surface area contributed by atoms with E-state index in [1.165, 1.54) is 44.9 Å². The first-order valence-electron chi connectivity index (χ1n) is 4.71. The molecule has 2 atom stereocenters. The molecule has 0 aromatic heterocycles. The van der Waals surface area contributed by atoms with Gasteiger partial charge in [0.15, 0.2) is 0 Å². The third-order valence-corrected chi connectivity index (χ3v) is 2.93. The maximum atomic E-state index is 3.72. The smallest absolute Gasteiger partial charge is 0.00696 e. The van der Waals surface area contributed by atoms with Crippen molar-refractivity contribution in [3.63, 3.8) is 0 Å². The maximum Gasteiger partial charge on any atom is 0.00696 e. The van der Waals surface area contributed by atoms with Crippen molar-refractivity contribution in [2.45, 2.75) is 57.0 Å². The van der Waals surface area contributed by atoms with Gasteiger partial charge in [-0.3, -0.25) is 0 Å². The minimum Gasteiger partial charge on any atom is -0.311 e. The van der Waals surface area contributed by atoms with E-state index >= 15 is 0 Å². The molecule has 1 nitrogen and oxygen atoms in total. The molecule has 2 fully saturated rings. The molecule has 0 aromatic rings. The van der Waals surface area contributed by atoms with Crippen molar-refractivity contribution < 1.29 is 0 Å². The summed E-state index contributed by atoms with van der Waals surface area (Å²) in [6.45, 7) is 0. The van der Waals surface area contributed by atoms with Crippen LogP contribution in [-0.2, 0) is 0 Å². The lowest BCUT2D eigenvalue weighted by Crippen LogP contribution is -2.40. The summed E-state index contributed by atoms with van der Waals surface area (Å²) >= 11 is 0. The first-order valence-corrected chi connectivity index (χ1v) is 4.71. The monoisotopic (exact) mass is 139 g/mol. The van der Waals surface area contributed by atoms with Gasteiger partial charge in [0.05, 0.1) is 0 Å². The van der Waals surface area contributed by atoms with Crippen molar-refractivity contribution in [1.82, 2.24) is 5.32 Å². The second-order valence-corrected chi connectivity index (χ2v) is 3.78. The van der Waals surface area contributed by atoms with E-state index in [2.05, 4.69) is 5.32 Å². The second kappa shape index (κ2) is 2.91. The topological polar surface area (TPSA) is 12.0 Å². The van der Waals surface area contributed by atoms with Crippen molar-refractivity contribution in [2.75, 3.05) is 0 Å². The molecule has 58 valence electrons. The number of hydrogen-bond donors (Lipinski definition) is 1. The Labute approximate surface area is 63.2 Å². The van der Waals surface area contributed by atoms with Crippen molar-refractivity contribution in [3.8, 4) is 0 Å². The summed E-state index contributed by atoms with van der Waals surface area (Å²) < 4.78 is 0. The van der Waals surface area contributed by atoms with Crippen LogP contribution in [0, 0.1) is 0 Å². The van der Waals surface area contributed by atoms with Gasteiger partial charge in [-0.25, -0.2) is 0 Å². The van der Waals surface area contributed by atoms with Gasteiger partial charge in [-0.15, -0.1) is 0 Å². The van der Waals surface area contributed by atoms with E-state index in [1.807, 2.05) is 0 Å². The normalized spacial score (nSPS) is 40.8. The van der Waals surface area contributed by atoms with Gasteiger partial charge < -0.3 is 5.32 Å². The molecule has 0 saturated carbocycles. The fraction of sp³-hybridized carbons (Fsp3) is 1.00. The van der Waals surface area contributed by atoms with Gasteiger partial charge in [0, 0.05) is 12.1 Å².